The van der Waals surface area contributed by atoms with Gasteiger partial charge in [-0.15, -0.1) is 0 Å². The minimum atomic E-state index is 0.130. The molecule has 3 N–H and O–H groups in total. The van der Waals surface area contributed by atoms with Crippen LogP contribution in [-0.2, 0) is 4.74 Å². The topological polar surface area (TPSA) is 69.1 Å². The number of rotatable bonds is 5. The second-order valence-electron chi connectivity index (χ2n) is 4.91. The molecule has 0 aliphatic carbocycles. The summed E-state index contributed by atoms with van der Waals surface area (Å²) in [5.74, 6) is 0.130. The Bertz CT molecular complexity index is 580. The lowest BCUT2D eigenvalue weighted by atomic mass is 10.2. The lowest BCUT2D eigenvalue weighted by molar-refractivity contribution is 0.0389. The van der Waals surface area contributed by atoms with Crippen LogP contribution in [0.3, 0.4) is 0 Å². The van der Waals surface area contributed by atoms with Crippen LogP contribution < -0.4 is 10.7 Å². The molecule has 1 heterocycles. The highest BCUT2D eigenvalue weighted by atomic mass is 79.9. The molecule has 0 atom stereocenters. The first-order valence-corrected chi connectivity index (χ1v) is 9.10. The quantitative estimate of drug-likeness (QED) is 0.351. The van der Waals surface area contributed by atoms with Gasteiger partial charge in [-0.05, 0) is 40.3 Å². The molecule has 2 rings (SSSR count). The fourth-order valence-corrected chi connectivity index (χ4v) is 3.45. The van der Waals surface area contributed by atoms with Crippen molar-refractivity contribution in [2.45, 2.75) is 0 Å². The first kappa shape index (κ1) is 18.6. The van der Waals surface area contributed by atoms with E-state index >= 15 is 0 Å². The number of hydrogen-bond donors (Lipinski definition) is 3. The summed E-state index contributed by atoms with van der Waals surface area (Å²) in [7, 11) is 0. The van der Waals surface area contributed by atoms with Crippen molar-refractivity contribution < 1.29 is 9.84 Å². The molecule has 0 amide bonds. The molecular formula is C14H18Br2N4O2S. The van der Waals surface area contributed by atoms with E-state index in [1.165, 1.54) is 6.21 Å². The van der Waals surface area contributed by atoms with E-state index in [1.54, 1.807) is 12.1 Å². The minimum absolute atomic E-state index is 0.130. The number of phenols is 1. The molecular weight excluding hydrogens is 448 g/mol. The number of aromatic hydroxyl groups is 1. The number of halogens is 2. The maximum atomic E-state index is 9.92. The van der Waals surface area contributed by atoms with Crippen LogP contribution in [0.25, 0.3) is 0 Å². The maximum absolute atomic E-state index is 9.92. The highest BCUT2D eigenvalue weighted by Gasteiger charge is 2.09. The number of thiocarbonyl (C=S) groups is 1. The highest BCUT2D eigenvalue weighted by Crippen LogP contribution is 2.30. The van der Waals surface area contributed by atoms with E-state index in [2.05, 4.69) is 52.6 Å². The Morgan fingerprint density at radius 1 is 1.39 bits per heavy atom. The summed E-state index contributed by atoms with van der Waals surface area (Å²) >= 11 is 11.8. The predicted octanol–water partition coefficient (Wildman–Crippen LogP) is 2.05. The van der Waals surface area contributed by atoms with Crippen molar-refractivity contribution in [3.05, 3.63) is 26.6 Å². The van der Waals surface area contributed by atoms with E-state index in [4.69, 9.17) is 17.0 Å². The zero-order chi connectivity index (χ0) is 16.7. The van der Waals surface area contributed by atoms with Crippen LogP contribution in [0.1, 0.15) is 5.56 Å². The molecule has 0 bridgehead atoms. The van der Waals surface area contributed by atoms with E-state index < -0.39 is 0 Å². The number of benzene rings is 1. The molecule has 0 saturated carbocycles. The monoisotopic (exact) mass is 464 g/mol. The molecule has 9 heteroatoms. The van der Waals surface area contributed by atoms with Gasteiger partial charge in [-0.3, -0.25) is 10.3 Å². The molecule has 1 aromatic carbocycles. The average Bonchev–Trinajstić information content (AvgIpc) is 2.53. The molecule has 0 radical (unpaired) electrons. The van der Waals surface area contributed by atoms with Crippen molar-refractivity contribution in [2.75, 3.05) is 39.4 Å². The molecule has 1 aliphatic rings. The van der Waals surface area contributed by atoms with Crippen LogP contribution in [0.5, 0.6) is 5.75 Å². The van der Waals surface area contributed by atoms with E-state index in [-0.39, 0.29) is 5.75 Å². The standard InChI is InChI=1S/C14H18Br2N4O2S/c15-11-7-10(13(21)12(16)8-11)9-18-19-14(23)17-1-2-20-3-5-22-6-4-20/h7-9,21H,1-6H2,(H2,17,19,23)/b18-9+. The van der Waals surface area contributed by atoms with Crippen LogP contribution in [0.4, 0.5) is 0 Å². The van der Waals surface area contributed by atoms with Gasteiger partial charge in [0, 0.05) is 36.2 Å². The SMILES string of the molecule is Oc1c(Br)cc(Br)cc1/C=N/NC(=S)NCCN1CCOCC1. The Kier molecular flexibility index (Phi) is 7.71. The highest BCUT2D eigenvalue weighted by molar-refractivity contribution is 9.11. The second kappa shape index (κ2) is 9.53. The summed E-state index contributed by atoms with van der Waals surface area (Å²) < 4.78 is 6.74. The van der Waals surface area contributed by atoms with Crippen LogP contribution in [0, 0.1) is 0 Å². The summed E-state index contributed by atoms with van der Waals surface area (Å²) in [6, 6.07) is 3.53. The first-order chi connectivity index (χ1) is 11.1. The van der Waals surface area contributed by atoms with Crippen LogP contribution in [-0.4, -0.2) is 60.7 Å². The molecule has 1 aliphatic heterocycles. The Hall–Kier alpha value is -0.740. The molecule has 23 heavy (non-hydrogen) atoms. The minimum Gasteiger partial charge on any atom is -0.506 e. The van der Waals surface area contributed by atoms with Crippen LogP contribution >= 0.6 is 44.1 Å². The third-order valence-electron chi connectivity index (χ3n) is 3.24. The van der Waals surface area contributed by atoms with E-state index in [1.807, 2.05) is 0 Å². The van der Waals surface area contributed by atoms with Gasteiger partial charge >= 0.3 is 0 Å². The summed E-state index contributed by atoms with van der Waals surface area (Å²) in [4.78, 5) is 2.32. The molecule has 1 fully saturated rings. The zero-order valence-electron chi connectivity index (χ0n) is 12.4. The van der Waals surface area contributed by atoms with Gasteiger partial charge in [0.25, 0.3) is 0 Å². The third-order valence-corrected chi connectivity index (χ3v) is 4.54. The number of hydrazone groups is 1. The number of ether oxygens (including phenoxy) is 1. The van der Waals surface area contributed by atoms with Crippen molar-refractivity contribution in [3.8, 4) is 5.75 Å². The summed E-state index contributed by atoms with van der Waals surface area (Å²) in [6.07, 6.45) is 1.51. The van der Waals surface area contributed by atoms with Gasteiger partial charge in [0.1, 0.15) is 5.75 Å². The molecule has 6 nitrogen and oxygen atoms in total. The number of hydrogen-bond acceptors (Lipinski definition) is 5. The molecule has 1 aromatic rings. The van der Waals surface area contributed by atoms with Crippen molar-refractivity contribution in [1.82, 2.24) is 15.6 Å². The molecule has 1 saturated heterocycles. The van der Waals surface area contributed by atoms with Gasteiger partial charge in [-0.1, -0.05) is 15.9 Å². The van der Waals surface area contributed by atoms with Crippen molar-refractivity contribution in [3.63, 3.8) is 0 Å². The van der Waals surface area contributed by atoms with Crippen LogP contribution in [0.2, 0.25) is 0 Å². The van der Waals surface area contributed by atoms with Crippen molar-refractivity contribution >= 4 is 55.4 Å². The normalized spacial score (nSPS) is 15.7. The number of morpholine rings is 1. The van der Waals surface area contributed by atoms with E-state index in [0.717, 1.165) is 43.9 Å². The smallest absolute Gasteiger partial charge is 0.187 e. The second-order valence-corrected chi connectivity index (χ2v) is 7.08. The van der Waals surface area contributed by atoms with Gasteiger partial charge in [-0.25, -0.2) is 0 Å². The molecule has 126 valence electrons. The summed E-state index contributed by atoms with van der Waals surface area (Å²) in [6.45, 7) is 5.15. The summed E-state index contributed by atoms with van der Waals surface area (Å²) in [5.41, 5.74) is 3.32. The molecule has 0 unspecified atom stereocenters. The van der Waals surface area contributed by atoms with Gasteiger partial charge in [0.15, 0.2) is 5.11 Å². The Balaban J connectivity index is 1.73. The van der Waals surface area contributed by atoms with Gasteiger partial charge in [0.05, 0.1) is 23.9 Å². The maximum Gasteiger partial charge on any atom is 0.187 e. The Labute approximate surface area is 157 Å². The zero-order valence-corrected chi connectivity index (χ0v) is 16.4. The number of phenolic OH excluding ortho intramolecular Hbond substituents is 1. The number of nitrogens with one attached hydrogen (secondary N) is 2. The van der Waals surface area contributed by atoms with Gasteiger partial charge in [-0.2, -0.15) is 5.10 Å². The van der Waals surface area contributed by atoms with Gasteiger partial charge in [0.2, 0.25) is 0 Å². The fraction of sp³-hybridized carbons (Fsp3) is 0.429. The van der Waals surface area contributed by atoms with E-state index in [0.29, 0.717) is 15.1 Å². The molecule has 0 aromatic heterocycles. The third kappa shape index (κ3) is 6.34. The average molecular weight is 466 g/mol. The van der Waals surface area contributed by atoms with Crippen LogP contribution in [0.15, 0.2) is 26.2 Å². The predicted molar refractivity (Wildman–Crippen MR) is 102 cm³/mol. The summed E-state index contributed by atoms with van der Waals surface area (Å²) in [5, 5.41) is 17.5. The van der Waals surface area contributed by atoms with Gasteiger partial charge < -0.3 is 15.2 Å². The van der Waals surface area contributed by atoms with E-state index in [9.17, 15) is 5.11 Å². The molecule has 0 spiro atoms. The Morgan fingerprint density at radius 2 is 2.13 bits per heavy atom. The largest absolute Gasteiger partial charge is 0.506 e. The van der Waals surface area contributed by atoms with Crippen molar-refractivity contribution in [2.24, 2.45) is 5.10 Å². The first-order valence-electron chi connectivity index (χ1n) is 7.11. The lowest BCUT2D eigenvalue weighted by Gasteiger charge is -2.26. The fourth-order valence-electron chi connectivity index (χ4n) is 2.04. The Morgan fingerprint density at radius 3 is 2.87 bits per heavy atom. The van der Waals surface area contributed by atoms with Crippen molar-refractivity contribution in [1.29, 1.82) is 0 Å². The number of nitrogens with zero attached hydrogens (tertiary/aromatic N) is 2. The lowest BCUT2D eigenvalue weighted by Crippen LogP contribution is -2.42.